The van der Waals surface area contributed by atoms with E-state index in [9.17, 15) is 4.79 Å². The monoisotopic (exact) mass is 338 g/mol. The Morgan fingerprint density at radius 3 is 2.68 bits per heavy atom. The van der Waals surface area contributed by atoms with Crippen molar-refractivity contribution in [1.29, 1.82) is 0 Å². The highest BCUT2D eigenvalue weighted by Gasteiger charge is 2.29. The van der Waals surface area contributed by atoms with Gasteiger partial charge in [0.05, 0.1) is 0 Å². The van der Waals surface area contributed by atoms with Gasteiger partial charge in [-0.3, -0.25) is 9.69 Å². The SMILES string of the molecule is CC(CNC(=O)c1cccc(OCc2ccccc2)c1)N(C)C1CC1. The number of ether oxygens (including phenoxy) is 1. The van der Waals surface area contributed by atoms with Crippen LogP contribution in [0, 0.1) is 0 Å². The molecule has 1 aliphatic rings. The van der Waals surface area contributed by atoms with E-state index in [1.807, 2.05) is 48.5 Å². The van der Waals surface area contributed by atoms with Crippen LogP contribution < -0.4 is 10.1 Å². The van der Waals surface area contributed by atoms with Gasteiger partial charge in [-0.2, -0.15) is 0 Å². The molecule has 0 bridgehead atoms. The minimum Gasteiger partial charge on any atom is -0.489 e. The lowest BCUT2D eigenvalue weighted by molar-refractivity contribution is 0.0939. The van der Waals surface area contributed by atoms with Crippen molar-refractivity contribution in [2.24, 2.45) is 0 Å². The number of rotatable bonds is 8. The van der Waals surface area contributed by atoms with Gasteiger partial charge in [-0.15, -0.1) is 0 Å². The molecule has 132 valence electrons. The molecule has 1 atom stereocenters. The molecule has 1 fully saturated rings. The second-order valence-electron chi connectivity index (χ2n) is 6.76. The molecule has 0 aromatic heterocycles. The van der Waals surface area contributed by atoms with Crippen LogP contribution in [0.3, 0.4) is 0 Å². The Hall–Kier alpha value is -2.33. The first-order valence-electron chi connectivity index (χ1n) is 8.90. The maximum atomic E-state index is 12.4. The predicted octanol–water partition coefficient (Wildman–Crippen LogP) is 3.48. The summed E-state index contributed by atoms with van der Waals surface area (Å²) in [6.45, 7) is 3.30. The minimum atomic E-state index is -0.0544. The number of hydrogen-bond acceptors (Lipinski definition) is 3. The molecule has 1 unspecified atom stereocenters. The van der Waals surface area contributed by atoms with Crippen molar-refractivity contribution < 1.29 is 9.53 Å². The van der Waals surface area contributed by atoms with Crippen molar-refractivity contribution >= 4 is 5.91 Å². The average molecular weight is 338 g/mol. The van der Waals surface area contributed by atoms with Crippen molar-refractivity contribution in [2.75, 3.05) is 13.6 Å². The fraction of sp³-hybridized carbons (Fsp3) is 0.381. The van der Waals surface area contributed by atoms with Crippen LogP contribution in [0.1, 0.15) is 35.7 Å². The second-order valence-corrected chi connectivity index (χ2v) is 6.76. The summed E-state index contributed by atoms with van der Waals surface area (Å²) in [5.74, 6) is 0.654. The first-order valence-corrected chi connectivity index (χ1v) is 8.90. The predicted molar refractivity (Wildman–Crippen MR) is 99.8 cm³/mol. The molecule has 1 N–H and O–H groups in total. The summed E-state index contributed by atoms with van der Waals surface area (Å²) in [5, 5.41) is 3.03. The molecule has 0 saturated heterocycles. The summed E-state index contributed by atoms with van der Waals surface area (Å²) in [6, 6.07) is 18.4. The molecule has 2 aromatic carbocycles. The molecule has 4 heteroatoms. The highest BCUT2D eigenvalue weighted by molar-refractivity contribution is 5.94. The third-order valence-corrected chi connectivity index (χ3v) is 4.72. The third-order valence-electron chi connectivity index (χ3n) is 4.72. The van der Waals surface area contributed by atoms with Crippen LogP contribution in [0.15, 0.2) is 54.6 Å². The number of carbonyl (C=O) groups is 1. The molecule has 0 radical (unpaired) electrons. The van der Waals surface area contributed by atoms with E-state index in [4.69, 9.17) is 4.74 Å². The quantitative estimate of drug-likeness (QED) is 0.801. The lowest BCUT2D eigenvalue weighted by atomic mass is 10.2. The number of benzene rings is 2. The van der Waals surface area contributed by atoms with Crippen molar-refractivity contribution in [1.82, 2.24) is 10.2 Å². The first kappa shape index (κ1) is 17.5. The van der Waals surface area contributed by atoms with E-state index in [1.54, 1.807) is 6.07 Å². The van der Waals surface area contributed by atoms with Gasteiger partial charge < -0.3 is 10.1 Å². The Labute approximate surface area is 149 Å². The van der Waals surface area contributed by atoms with Gasteiger partial charge in [0.2, 0.25) is 0 Å². The van der Waals surface area contributed by atoms with Gasteiger partial charge in [-0.25, -0.2) is 0 Å². The van der Waals surface area contributed by atoms with E-state index in [-0.39, 0.29) is 5.91 Å². The van der Waals surface area contributed by atoms with Crippen LogP contribution in [0.4, 0.5) is 0 Å². The number of amides is 1. The Kier molecular flexibility index (Phi) is 5.71. The third kappa shape index (κ3) is 5.07. The van der Waals surface area contributed by atoms with Crippen molar-refractivity contribution in [3.05, 3.63) is 65.7 Å². The number of hydrogen-bond donors (Lipinski definition) is 1. The normalized spacial score (nSPS) is 15.0. The van der Waals surface area contributed by atoms with Crippen LogP contribution in [0.25, 0.3) is 0 Å². The Balaban J connectivity index is 1.52. The molecule has 3 rings (SSSR count). The zero-order valence-corrected chi connectivity index (χ0v) is 14.9. The summed E-state index contributed by atoms with van der Waals surface area (Å²) >= 11 is 0. The second kappa shape index (κ2) is 8.17. The molecule has 1 amide bonds. The maximum Gasteiger partial charge on any atom is 0.251 e. The van der Waals surface area contributed by atoms with E-state index < -0.39 is 0 Å². The van der Waals surface area contributed by atoms with Gasteiger partial charge in [-0.1, -0.05) is 36.4 Å². The van der Waals surface area contributed by atoms with Gasteiger partial charge >= 0.3 is 0 Å². The largest absolute Gasteiger partial charge is 0.489 e. The zero-order chi connectivity index (χ0) is 17.6. The van der Waals surface area contributed by atoms with Gasteiger partial charge in [0.1, 0.15) is 12.4 Å². The molecule has 0 aliphatic heterocycles. The minimum absolute atomic E-state index is 0.0544. The van der Waals surface area contributed by atoms with Gasteiger partial charge in [0.25, 0.3) is 5.91 Å². The van der Waals surface area contributed by atoms with Crippen molar-refractivity contribution in [2.45, 2.75) is 38.5 Å². The van der Waals surface area contributed by atoms with Crippen LogP contribution >= 0.6 is 0 Å². The smallest absolute Gasteiger partial charge is 0.251 e. The van der Waals surface area contributed by atoms with E-state index in [0.717, 1.165) is 5.56 Å². The van der Waals surface area contributed by atoms with Crippen LogP contribution in [0.2, 0.25) is 0 Å². The summed E-state index contributed by atoms with van der Waals surface area (Å²) in [4.78, 5) is 14.7. The molecule has 0 heterocycles. The summed E-state index contributed by atoms with van der Waals surface area (Å²) in [7, 11) is 2.13. The standard InChI is InChI=1S/C21H26N2O2/c1-16(23(2)19-11-12-19)14-22-21(24)18-9-6-10-20(13-18)25-15-17-7-4-3-5-8-17/h3-10,13,16,19H,11-12,14-15H2,1-2H3,(H,22,24). The maximum absolute atomic E-state index is 12.4. The van der Waals surface area contributed by atoms with Crippen LogP contribution in [-0.4, -0.2) is 36.5 Å². The van der Waals surface area contributed by atoms with Crippen LogP contribution in [0.5, 0.6) is 5.75 Å². The van der Waals surface area contributed by atoms with Crippen LogP contribution in [-0.2, 0) is 6.61 Å². The summed E-state index contributed by atoms with van der Waals surface area (Å²) in [5.41, 5.74) is 1.74. The fourth-order valence-electron chi connectivity index (χ4n) is 2.80. The first-order chi connectivity index (χ1) is 12.1. The van der Waals surface area contributed by atoms with E-state index >= 15 is 0 Å². The summed E-state index contributed by atoms with van der Waals surface area (Å²) < 4.78 is 5.80. The fourth-order valence-corrected chi connectivity index (χ4v) is 2.80. The number of likely N-dealkylation sites (N-methyl/N-ethyl adjacent to an activating group) is 1. The van der Waals surface area contributed by atoms with Crippen molar-refractivity contribution in [3.8, 4) is 5.75 Å². The Morgan fingerprint density at radius 1 is 1.20 bits per heavy atom. The van der Waals surface area contributed by atoms with Crippen molar-refractivity contribution in [3.63, 3.8) is 0 Å². The van der Waals surface area contributed by atoms with E-state index in [0.29, 0.717) is 36.5 Å². The number of carbonyl (C=O) groups excluding carboxylic acids is 1. The van der Waals surface area contributed by atoms with Gasteiger partial charge in [0.15, 0.2) is 0 Å². The average Bonchev–Trinajstić information content (AvgIpc) is 3.50. The molecule has 1 saturated carbocycles. The van der Waals surface area contributed by atoms with E-state index in [2.05, 4.69) is 24.2 Å². The van der Waals surface area contributed by atoms with Gasteiger partial charge in [0, 0.05) is 24.2 Å². The van der Waals surface area contributed by atoms with Gasteiger partial charge in [-0.05, 0) is 50.6 Å². The molecular weight excluding hydrogens is 312 g/mol. The molecule has 2 aromatic rings. The topological polar surface area (TPSA) is 41.6 Å². The number of nitrogens with one attached hydrogen (secondary N) is 1. The van der Waals surface area contributed by atoms with E-state index in [1.165, 1.54) is 12.8 Å². The highest BCUT2D eigenvalue weighted by Crippen LogP contribution is 2.26. The molecule has 1 aliphatic carbocycles. The molecule has 0 spiro atoms. The summed E-state index contributed by atoms with van der Waals surface area (Å²) in [6.07, 6.45) is 2.55. The molecule has 4 nitrogen and oxygen atoms in total. The number of nitrogens with zero attached hydrogens (tertiary/aromatic N) is 1. The molecular formula is C21H26N2O2. The lowest BCUT2D eigenvalue weighted by Crippen LogP contribution is -2.41. The lowest BCUT2D eigenvalue weighted by Gasteiger charge is -2.24. The Bertz CT molecular complexity index is 698. The highest BCUT2D eigenvalue weighted by atomic mass is 16.5. The zero-order valence-electron chi connectivity index (χ0n) is 14.9. The Morgan fingerprint density at radius 2 is 1.96 bits per heavy atom. The molecule has 25 heavy (non-hydrogen) atoms.